The molecule has 0 bridgehead atoms. The molecule has 0 aromatic carbocycles. The maximum absolute atomic E-state index is 12.2. The number of hydrogen-bond acceptors (Lipinski definition) is 5. The van der Waals surface area contributed by atoms with Crippen LogP contribution in [0.25, 0.3) is 0 Å². The molecule has 1 amide bonds. The van der Waals surface area contributed by atoms with Gasteiger partial charge in [-0.15, -0.1) is 0 Å². The third-order valence-electron chi connectivity index (χ3n) is 3.28. The van der Waals surface area contributed by atoms with E-state index in [1.807, 2.05) is 0 Å². The fourth-order valence-corrected chi connectivity index (χ4v) is 3.51. The molecule has 0 radical (unpaired) electrons. The lowest BCUT2D eigenvalue weighted by molar-refractivity contribution is -0.118. The van der Waals surface area contributed by atoms with Crippen LogP contribution in [0.1, 0.15) is 5.56 Å². The van der Waals surface area contributed by atoms with Crippen LogP contribution in [0.5, 0.6) is 0 Å². The molecule has 0 aliphatic carbocycles. The largest absolute Gasteiger partial charge is 0.379 e. The van der Waals surface area contributed by atoms with E-state index in [-0.39, 0.29) is 12.3 Å². The average Bonchev–Trinajstić information content (AvgIpc) is 2.53. The lowest BCUT2D eigenvalue weighted by Crippen LogP contribution is -2.43. The van der Waals surface area contributed by atoms with Gasteiger partial charge < -0.3 is 9.64 Å². The number of carbonyl (C=O) groups is 1. The van der Waals surface area contributed by atoms with E-state index in [1.54, 1.807) is 24.5 Å². The quantitative estimate of drug-likeness (QED) is 0.646. The molecule has 2 heterocycles. The Morgan fingerprint density at radius 1 is 1.29 bits per heavy atom. The third-order valence-corrected chi connectivity index (χ3v) is 5.13. The fourth-order valence-electron chi connectivity index (χ4n) is 2.08. The van der Waals surface area contributed by atoms with E-state index in [0.29, 0.717) is 39.3 Å². The van der Waals surface area contributed by atoms with Crippen LogP contribution in [-0.4, -0.2) is 67.6 Å². The molecule has 0 atom stereocenters. The van der Waals surface area contributed by atoms with Gasteiger partial charge in [0.1, 0.15) is 0 Å². The van der Waals surface area contributed by atoms with Gasteiger partial charge >= 0.3 is 0 Å². The van der Waals surface area contributed by atoms with Gasteiger partial charge in [-0.2, -0.15) is 4.31 Å². The zero-order valence-electron chi connectivity index (χ0n) is 11.7. The highest BCUT2D eigenvalue weighted by Crippen LogP contribution is 2.07. The van der Waals surface area contributed by atoms with Crippen molar-refractivity contribution in [3.05, 3.63) is 30.1 Å². The Bertz CT molecular complexity index is 544. The Morgan fingerprint density at radius 2 is 1.95 bits per heavy atom. The van der Waals surface area contributed by atoms with Crippen molar-refractivity contribution in [2.45, 2.75) is 6.54 Å². The molecule has 21 heavy (non-hydrogen) atoms. The van der Waals surface area contributed by atoms with Crippen LogP contribution < -0.4 is 0 Å². The van der Waals surface area contributed by atoms with Crippen LogP contribution >= 0.6 is 0 Å². The second kappa shape index (κ2) is 7.48. The van der Waals surface area contributed by atoms with Gasteiger partial charge in [0, 0.05) is 38.6 Å². The highest BCUT2D eigenvalue weighted by atomic mass is 32.2. The van der Waals surface area contributed by atoms with Crippen molar-refractivity contribution in [2.75, 3.05) is 38.6 Å². The number of ether oxygens (including phenoxy) is 1. The lowest BCUT2D eigenvalue weighted by atomic mass is 10.2. The second-order valence-electron chi connectivity index (χ2n) is 4.76. The summed E-state index contributed by atoms with van der Waals surface area (Å²) in [6.07, 6.45) is 3.96. The number of hydrogen-bond donors (Lipinski definition) is 0. The lowest BCUT2D eigenvalue weighted by Gasteiger charge is -2.27. The highest BCUT2D eigenvalue weighted by molar-refractivity contribution is 7.89. The molecule has 1 fully saturated rings. The van der Waals surface area contributed by atoms with E-state index in [2.05, 4.69) is 4.98 Å². The molecule has 0 unspecified atom stereocenters. The summed E-state index contributed by atoms with van der Waals surface area (Å²) < 4.78 is 30.9. The SMILES string of the molecule is O=CN(CCS(=O)(=O)N1CCOCC1)Cc1ccncc1. The van der Waals surface area contributed by atoms with Gasteiger partial charge in [-0.3, -0.25) is 9.78 Å². The maximum Gasteiger partial charge on any atom is 0.216 e. The second-order valence-corrected chi connectivity index (χ2v) is 6.85. The van der Waals surface area contributed by atoms with Crippen molar-refractivity contribution in [2.24, 2.45) is 0 Å². The number of nitrogens with zero attached hydrogens (tertiary/aromatic N) is 3. The molecule has 1 aromatic heterocycles. The number of amides is 1. The molecule has 1 saturated heterocycles. The molecule has 116 valence electrons. The van der Waals surface area contributed by atoms with Gasteiger partial charge in [-0.1, -0.05) is 0 Å². The number of sulfonamides is 1. The molecule has 1 aromatic rings. The van der Waals surface area contributed by atoms with Gasteiger partial charge in [0.2, 0.25) is 16.4 Å². The molecule has 1 aliphatic rings. The standard InChI is InChI=1S/C13H19N3O4S/c17-12-15(11-13-1-3-14-4-2-13)7-10-21(18,19)16-5-8-20-9-6-16/h1-4,12H,5-11H2. The Hall–Kier alpha value is -1.51. The molecule has 0 N–H and O–H groups in total. The summed E-state index contributed by atoms with van der Waals surface area (Å²) in [6, 6.07) is 3.60. The van der Waals surface area contributed by atoms with Crippen molar-refractivity contribution in [1.29, 1.82) is 0 Å². The zero-order chi connectivity index (χ0) is 15.1. The number of carbonyl (C=O) groups excluding carboxylic acids is 1. The molecule has 0 spiro atoms. The highest BCUT2D eigenvalue weighted by Gasteiger charge is 2.24. The molecule has 7 nitrogen and oxygen atoms in total. The van der Waals surface area contributed by atoms with Gasteiger partial charge in [0.05, 0.1) is 19.0 Å². The normalized spacial score (nSPS) is 16.6. The monoisotopic (exact) mass is 313 g/mol. The minimum Gasteiger partial charge on any atom is -0.379 e. The molecule has 8 heteroatoms. The van der Waals surface area contributed by atoms with Crippen LogP contribution in [0.3, 0.4) is 0 Å². The predicted molar refractivity (Wildman–Crippen MR) is 76.9 cm³/mol. The first-order valence-electron chi connectivity index (χ1n) is 6.75. The smallest absolute Gasteiger partial charge is 0.216 e. The van der Waals surface area contributed by atoms with Gasteiger partial charge in [0.15, 0.2) is 0 Å². The van der Waals surface area contributed by atoms with Gasteiger partial charge in [-0.25, -0.2) is 8.42 Å². The summed E-state index contributed by atoms with van der Waals surface area (Å²) in [4.78, 5) is 16.4. The van der Waals surface area contributed by atoms with E-state index in [1.165, 1.54) is 9.21 Å². The van der Waals surface area contributed by atoms with Crippen LogP contribution in [0.2, 0.25) is 0 Å². The van der Waals surface area contributed by atoms with Crippen molar-refractivity contribution in [3.8, 4) is 0 Å². The minimum absolute atomic E-state index is 0.0726. The fraction of sp³-hybridized carbons (Fsp3) is 0.538. The number of pyridine rings is 1. The average molecular weight is 313 g/mol. The van der Waals surface area contributed by atoms with E-state index >= 15 is 0 Å². The number of morpholine rings is 1. The summed E-state index contributed by atoms with van der Waals surface area (Å²) in [6.45, 7) is 2.17. The van der Waals surface area contributed by atoms with Crippen molar-refractivity contribution in [3.63, 3.8) is 0 Å². The zero-order valence-corrected chi connectivity index (χ0v) is 12.5. The summed E-state index contributed by atoms with van der Waals surface area (Å²) in [5.74, 6) is -0.0726. The van der Waals surface area contributed by atoms with Gasteiger partial charge in [-0.05, 0) is 17.7 Å². The van der Waals surface area contributed by atoms with Crippen LogP contribution in [-0.2, 0) is 26.1 Å². The summed E-state index contributed by atoms with van der Waals surface area (Å²) in [5.41, 5.74) is 0.917. The number of aromatic nitrogens is 1. The van der Waals surface area contributed by atoms with Crippen LogP contribution in [0, 0.1) is 0 Å². The third kappa shape index (κ3) is 4.76. The van der Waals surface area contributed by atoms with Gasteiger partial charge in [0.25, 0.3) is 0 Å². The number of rotatable bonds is 7. The van der Waals surface area contributed by atoms with E-state index in [0.717, 1.165) is 5.56 Å². The minimum atomic E-state index is -3.34. The molecule has 2 rings (SSSR count). The molecular formula is C13H19N3O4S. The van der Waals surface area contributed by atoms with Crippen molar-refractivity contribution in [1.82, 2.24) is 14.2 Å². The molecule has 0 saturated carbocycles. The van der Waals surface area contributed by atoms with Crippen molar-refractivity contribution < 1.29 is 17.9 Å². The molecular weight excluding hydrogens is 294 g/mol. The Kier molecular flexibility index (Phi) is 5.66. The van der Waals surface area contributed by atoms with Crippen LogP contribution in [0.15, 0.2) is 24.5 Å². The van der Waals surface area contributed by atoms with E-state index in [4.69, 9.17) is 4.74 Å². The maximum atomic E-state index is 12.2. The molecule has 1 aliphatic heterocycles. The first kappa shape index (κ1) is 15.9. The van der Waals surface area contributed by atoms with Crippen molar-refractivity contribution >= 4 is 16.4 Å². The summed E-state index contributed by atoms with van der Waals surface area (Å²) >= 11 is 0. The predicted octanol–water partition coefficient (Wildman–Crippen LogP) is -0.298. The Morgan fingerprint density at radius 3 is 2.57 bits per heavy atom. The van der Waals surface area contributed by atoms with Crippen LogP contribution in [0.4, 0.5) is 0 Å². The Balaban J connectivity index is 1.88. The first-order valence-corrected chi connectivity index (χ1v) is 8.36. The summed E-state index contributed by atoms with van der Waals surface area (Å²) in [7, 11) is -3.34. The van der Waals surface area contributed by atoms with E-state index < -0.39 is 10.0 Å². The van der Waals surface area contributed by atoms with E-state index in [9.17, 15) is 13.2 Å². The first-order chi connectivity index (χ1) is 10.1. The topological polar surface area (TPSA) is 79.8 Å². The Labute approximate surface area is 124 Å². The summed E-state index contributed by atoms with van der Waals surface area (Å²) in [5, 5.41) is 0.